The summed E-state index contributed by atoms with van der Waals surface area (Å²) in [6.45, 7) is 11.3. The molecular weight excluding hydrogens is 318 g/mol. The van der Waals surface area contributed by atoms with Crippen LogP contribution < -0.4 is 5.32 Å². The molecule has 0 aliphatic carbocycles. The van der Waals surface area contributed by atoms with Gasteiger partial charge in [-0.2, -0.15) is 0 Å². The average Bonchev–Trinajstić information content (AvgIpc) is 2.52. The Labute approximate surface area is 150 Å². The van der Waals surface area contributed by atoms with E-state index >= 15 is 0 Å². The summed E-state index contributed by atoms with van der Waals surface area (Å²) < 4.78 is 10.3. The number of aryl methyl sites for hydroxylation is 1. The molecule has 0 bridgehead atoms. The summed E-state index contributed by atoms with van der Waals surface area (Å²) in [4.78, 5) is 23.9. The van der Waals surface area contributed by atoms with Gasteiger partial charge in [-0.3, -0.25) is 0 Å². The monoisotopic (exact) mass is 347 g/mol. The van der Waals surface area contributed by atoms with Gasteiger partial charge in [0.25, 0.3) is 0 Å². The largest absolute Gasteiger partial charge is 0.463 e. The van der Waals surface area contributed by atoms with Crippen LogP contribution in [0.2, 0.25) is 0 Å². The number of carbonyl (C=O) groups excluding carboxylic acids is 2. The Morgan fingerprint density at radius 2 is 1.84 bits per heavy atom. The van der Waals surface area contributed by atoms with E-state index in [4.69, 9.17) is 9.47 Å². The summed E-state index contributed by atoms with van der Waals surface area (Å²) >= 11 is 0. The van der Waals surface area contributed by atoms with Crippen molar-refractivity contribution in [3.63, 3.8) is 0 Å². The second-order valence-electron chi connectivity index (χ2n) is 6.90. The lowest BCUT2D eigenvalue weighted by Gasteiger charge is -2.24. The fraction of sp³-hybridized carbons (Fsp3) is 0.500. The molecule has 0 aliphatic rings. The van der Waals surface area contributed by atoms with Gasteiger partial charge >= 0.3 is 12.1 Å². The van der Waals surface area contributed by atoms with Crippen molar-refractivity contribution in [3.05, 3.63) is 48.0 Å². The maximum atomic E-state index is 12.1. The van der Waals surface area contributed by atoms with Gasteiger partial charge in [0.2, 0.25) is 0 Å². The first-order valence-corrected chi connectivity index (χ1v) is 8.59. The molecule has 1 atom stereocenters. The average molecular weight is 347 g/mol. The highest BCUT2D eigenvalue weighted by Crippen LogP contribution is 2.14. The van der Waals surface area contributed by atoms with Crippen molar-refractivity contribution >= 4 is 12.1 Å². The van der Waals surface area contributed by atoms with Crippen LogP contribution in [0.5, 0.6) is 0 Å². The molecule has 0 aromatic heterocycles. The summed E-state index contributed by atoms with van der Waals surface area (Å²) in [5.41, 5.74) is 0.933. The number of alkyl carbamates (subject to hydrolysis) is 1. The van der Waals surface area contributed by atoms with Crippen molar-refractivity contribution < 1.29 is 19.1 Å². The molecule has 0 radical (unpaired) electrons. The SMILES string of the molecule is C=C(CC(CCc1ccccc1)NC(=O)OC(C)(C)C)C(=O)OCC. The van der Waals surface area contributed by atoms with Crippen LogP contribution in [0, 0.1) is 0 Å². The molecule has 0 saturated carbocycles. The summed E-state index contributed by atoms with van der Waals surface area (Å²) in [5, 5.41) is 2.84. The molecule has 1 aromatic rings. The van der Waals surface area contributed by atoms with Crippen molar-refractivity contribution in [3.8, 4) is 0 Å². The van der Waals surface area contributed by atoms with Gasteiger partial charge in [0.05, 0.1) is 6.61 Å². The number of rotatable bonds is 8. The van der Waals surface area contributed by atoms with Gasteiger partial charge in [-0.25, -0.2) is 9.59 Å². The number of carbonyl (C=O) groups is 2. The first kappa shape index (κ1) is 20.7. The van der Waals surface area contributed by atoms with E-state index in [1.165, 1.54) is 5.56 Å². The van der Waals surface area contributed by atoms with Gasteiger partial charge in [-0.05, 0) is 52.5 Å². The van der Waals surface area contributed by atoms with Gasteiger partial charge in [0, 0.05) is 11.6 Å². The van der Waals surface area contributed by atoms with E-state index in [1.54, 1.807) is 6.92 Å². The van der Waals surface area contributed by atoms with Crippen LogP contribution in [-0.4, -0.2) is 30.3 Å². The maximum absolute atomic E-state index is 12.1. The zero-order chi connectivity index (χ0) is 18.9. The number of esters is 1. The predicted octanol–water partition coefficient (Wildman–Crippen LogP) is 4.02. The fourth-order valence-corrected chi connectivity index (χ4v) is 2.30. The Balaban J connectivity index is 2.69. The van der Waals surface area contributed by atoms with Crippen LogP contribution in [0.1, 0.15) is 46.1 Å². The number of hydrogen-bond donors (Lipinski definition) is 1. The molecule has 5 nitrogen and oxygen atoms in total. The molecule has 0 spiro atoms. The van der Waals surface area contributed by atoms with Crippen LogP contribution in [0.25, 0.3) is 0 Å². The van der Waals surface area contributed by atoms with E-state index < -0.39 is 17.7 Å². The van der Waals surface area contributed by atoms with Gasteiger partial charge in [-0.15, -0.1) is 0 Å². The minimum Gasteiger partial charge on any atom is -0.463 e. The minimum atomic E-state index is -0.577. The molecule has 0 fully saturated rings. The number of hydrogen-bond acceptors (Lipinski definition) is 4. The zero-order valence-electron chi connectivity index (χ0n) is 15.6. The lowest BCUT2D eigenvalue weighted by Crippen LogP contribution is -2.40. The lowest BCUT2D eigenvalue weighted by molar-refractivity contribution is -0.138. The fourth-order valence-electron chi connectivity index (χ4n) is 2.30. The minimum absolute atomic E-state index is 0.257. The molecule has 1 amide bonds. The van der Waals surface area contributed by atoms with Gasteiger partial charge < -0.3 is 14.8 Å². The number of amides is 1. The van der Waals surface area contributed by atoms with Gasteiger partial charge in [0.1, 0.15) is 5.60 Å². The van der Waals surface area contributed by atoms with E-state index in [9.17, 15) is 9.59 Å². The molecule has 1 N–H and O–H groups in total. The molecule has 25 heavy (non-hydrogen) atoms. The smallest absolute Gasteiger partial charge is 0.407 e. The number of nitrogens with one attached hydrogen (secondary N) is 1. The third kappa shape index (κ3) is 8.94. The first-order valence-electron chi connectivity index (χ1n) is 8.59. The van der Waals surface area contributed by atoms with Crippen LogP contribution in [0.4, 0.5) is 4.79 Å². The van der Waals surface area contributed by atoms with Gasteiger partial charge in [0.15, 0.2) is 0 Å². The van der Waals surface area contributed by atoms with Crippen molar-refractivity contribution in [1.29, 1.82) is 0 Å². The van der Waals surface area contributed by atoms with Crippen molar-refractivity contribution in [2.45, 2.75) is 58.6 Å². The molecule has 138 valence electrons. The summed E-state index contributed by atoms with van der Waals surface area (Å²) in [5.74, 6) is -0.432. The molecule has 1 unspecified atom stereocenters. The van der Waals surface area contributed by atoms with Crippen molar-refractivity contribution in [2.75, 3.05) is 6.61 Å². The Hall–Kier alpha value is -2.30. The van der Waals surface area contributed by atoms with E-state index in [0.29, 0.717) is 25.0 Å². The molecule has 1 rings (SSSR count). The lowest BCUT2D eigenvalue weighted by atomic mass is 10.00. The standard InChI is InChI=1S/C20H29NO4/c1-6-24-18(22)15(2)14-17(21-19(23)25-20(3,4)5)13-12-16-10-8-7-9-11-16/h7-11,17H,2,6,12-14H2,1,3-5H3,(H,21,23). The Morgan fingerprint density at radius 3 is 2.40 bits per heavy atom. The summed E-state index contributed by atoms with van der Waals surface area (Å²) in [7, 11) is 0. The third-order valence-corrected chi connectivity index (χ3v) is 3.40. The molecule has 0 aliphatic heterocycles. The third-order valence-electron chi connectivity index (χ3n) is 3.40. The van der Waals surface area contributed by atoms with Gasteiger partial charge in [-0.1, -0.05) is 36.9 Å². The maximum Gasteiger partial charge on any atom is 0.407 e. The first-order chi connectivity index (χ1) is 11.7. The number of ether oxygens (including phenoxy) is 2. The van der Waals surface area contributed by atoms with E-state index in [0.717, 1.165) is 6.42 Å². The molecule has 0 heterocycles. The second-order valence-corrected chi connectivity index (χ2v) is 6.90. The van der Waals surface area contributed by atoms with Crippen molar-refractivity contribution in [2.24, 2.45) is 0 Å². The Morgan fingerprint density at radius 1 is 1.20 bits per heavy atom. The van der Waals surface area contributed by atoms with Crippen LogP contribution in [-0.2, 0) is 20.7 Å². The Bertz CT molecular complexity index is 575. The number of benzene rings is 1. The highest BCUT2D eigenvalue weighted by atomic mass is 16.6. The van der Waals surface area contributed by atoms with E-state index in [2.05, 4.69) is 11.9 Å². The second kappa shape index (κ2) is 9.87. The Kier molecular flexibility index (Phi) is 8.19. The summed E-state index contributed by atoms with van der Waals surface area (Å²) in [6.07, 6.45) is 1.27. The predicted molar refractivity (Wildman–Crippen MR) is 98.3 cm³/mol. The molecule has 5 heteroatoms. The molecule has 1 aromatic carbocycles. The quantitative estimate of drug-likeness (QED) is 0.570. The van der Waals surface area contributed by atoms with E-state index in [-0.39, 0.29) is 6.04 Å². The highest BCUT2D eigenvalue weighted by Gasteiger charge is 2.21. The van der Waals surface area contributed by atoms with Crippen LogP contribution in [0.15, 0.2) is 42.5 Å². The molecule has 0 saturated heterocycles. The van der Waals surface area contributed by atoms with Crippen LogP contribution >= 0.6 is 0 Å². The highest BCUT2D eigenvalue weighted by molar-refractivity contribution is 5.87. The van der Waals surface area contributed by atoms with Crippen molar-refractivity contribution in [1.82, 2.24) is 5.32 Å². The zero-order valence-corrected chi connectivity index (χ0v) is 15.6. The van der Waals surface area contributed by atoms with E-state index in [1.807, 2.05) is 51.1 Å². The normalized spacial score (nSPS) is 12.2. The summed E-state index contributed by atoms with van der Waals surface area (Å²) in [6, 6.07) is 9.72. The molecular formula is C20H29NO4. The van der Waals surface area contributed by atoms with Crippen LogP contribution in [0.3, 0.4) is 0 Å². The topological polar surface area (TPSA) is 64.6 Å².